The number of hydrogen-bond acceptors (Lipinski definition) is 3. The maximum Gasteiger partial charge on any atom is 0.228 e. The second-order valence-corrected chi connectivity index (χ2v) is 7.28. The van der Waals surface area contributed by atoms with Gasteiger partial charge in [0.05, 0.1) is 5.92 Å². The van der Waals surface area contributed by atoms with Crippen LogP contribution < -0.4 is 0 Å². The molecule has 2 fully saturated rings. The van der Waals surface area contributed by atoms with Crippen molar-refractivity contribution in [2.45, 2.75) is 25.7 Å². The molecule has 5 heteroatoms. The van der Waals surface area contributed by atoms with Crippen molar-refractivity contribution in [3.63, 3.8) is 0 Å². The standard InChI is InChI=1S/C20H29N3O2/c1-21-16-18(15-19(21)24)20(25)23-12-6-11-22(13-14-23)10-5-9-17-7-3-2-4-8-17/h2-4,7-8,18H,5-6,9-16H2,1H3/t18-/m1/s1. The van der Waals surface area contributed by atoms with Crippen molar-refractivity contribution in [1.29, 1.82) is 0 Å². The molecule has 2 saturated heterocycles. The first-order valence-electron chi connectivity index (χ1n) is 9.42. The highest BCUT2D eigenvalue weighted by Crippen LogP contribution is 2.19. The largest absolute Gasteiger partial charge is 0.345 e. The number of benzene rings is 1. The lowest BCUT2D eigenvalue weighted by atomic mass is 10.1. The Morgan fingerprint density at radius 3 is 2.64 bits per heavy atom. The number of likely N-dealkylation sites (tertiary alicyclic amines) is 1. The van der Waals surface area contributed by atoms with Gasteiger partial charge in [0.2, 0.25) is 11.8 Å². The molecule has 1 aromatic rings. The molecule has 3 rings (SSSR count). The van der Waals surface area contributed by atoms with Crippen LogP contribution in [-0.2, 0) is 16.0 Å². The highest BCUT2D eigenvalue weighted by molar-refractivity contribution is 5.89. The van der Waals surface area contributed by atoms with Gasteiger partial charge in [-0.1, -0.05) is 30.3 Å². The van der Waals surface area contributed by atoms with Crippen molar-refractivity contribution in [2.24, 2.45) is 5.92 Å². The van der Waals surface area contributed by atoms with Gasteiger partial charge in [0, 0.05) is 39.6 Å². The van der Waals surface area contributed by atoms with Crippen LogP contribution in [-0.4, -0.2) is 72.8 Å². The summed E-state index contributed by atoms with van der Waals surface area (Å²) in [6.45, 7) is 5.27. The number of carbonyl (C=O) groups excluding carboxylic acids is 2. The summed E-state index contributed by atoms with van der Waals surface area (Å²) in [7, 11) is 1.78. The SMILES string of the molecule is CN1C[C@H](C(=O)N2CCCN(CCCc3ccccc3)CC2)CC1=O. The molecule has 2 amide bonds. The van der Waals surface area contributed by atoms with E-state index in [-0.39, 0.29) is 17.7 Å². The van der Waals surface area contributed by atoms with E-state index in [0.29, 0.717) is 13.0 Å². The number of carbonyl (C=O) groups is 2. The Labute approximate surface area is 150 Å². The summed E-state index contributed by atoms with van der Waals surface area (Å²) in [5.74, 6) is 0.127. The zero-order valence-electron chi connectivity index (χ0n) is 15.2. The predicted octanol–water partition coefficient (Wildman–Crippen LogP) is 1.63. The molecule has 25 heavy (non-hydrogen) atoms. The van der Waals surface area contributed by atoms with E-state index in [9.17, 15) is 9.59 Å². The molecule has 0 spiro atoms. The van der Waals surface area contributed by atoms with Gasteiger partial charge in [0.25, 0.3) is 0 Å². The van der Waals surface area contributed by atoms with Gasteiger partial charge >= 0.3 is 0 Å². The van der Waals surface area contributed by atoms with E-state index in [0.717, 1.165) is 52.0 Å². The maximum atomic E-state index is 12.7. The average Bonchev–Trinajstić information content (AvgIpc) is 2.83. The summed E-state index contributed by atoms with van der Waals surface area (Å²) >= 11 is 0. The third-order valence-electron chi connectivity index (χ3n) is 5.37. The Balaban J connectivity index is 1.42. The third kappa shape index (κ3) is 4.82. The molecule has 0 unspecified atom stereocenters. The van der Waals surface area contributed by atoms with E-state index in [1.54, 1.807) is 11.9 Å². The van der Waals surface area contributed by atoms with Crippen molar-refractivity contribution >= 4 is 11.8 Å². The minimum Gasteiger partial charge on any atom is -0.345 e. The van der Waals surface area contributed by atoms with Crippen LogP contribution in [0.15, 0.2) is 30.3 Å². The topological polar surface area (TPSA) is 43.9 Å². The fraction of sp³-hybridized carbons (Fsp3) is 0.600. The van der Waals surface area contributed by atoms with Gasteiger partial charge in [0.1, 0.15) is 0 Å². The van der Waals surface area contributed by atoms with Crippen LogP contribution in [0.2, 0.25) is 0 Å². The quantitative estimate of drug-likeness (QED) is 0.816. The van der Waals surface area contributed by atoms with Crippen LogP contribution >= 0.6 is 0 Å². The van der Waals surface area contributed by atoms with E-state index in [1.807, 2.05) is 4.90 Å². The molecule has 0 saturated carbocycles. The summed E-state index contributed by atoms with van der Waals surface area (Å²) in [5.41, 5.74) is 1.39. The summed E-state index contributed by atoms with van der Waals surface area (Å²) in [6.07, 6.45) is 3.66. The summed E-state index contributed by atoms with van der Waals surface area (Å²) < 4.78 is 0. The van der Waals surface area contributed by atoms with Crippen LogP contribution in [0, 0.1) is 5.92 Å². The molecule has 0 aromatic heterocycles. The fourth-order valence-corrected chi connectivity index (χ4v) is 3.85. The molecule has 5 nitrogen and oxygen atoms in total. The second-order valence-electron chi connectivity index (χ2n) is 7.28. The molecule has 0 radical (unpaired) electrons. The van der Waals surface area contributed by atoms with Crippen molar-refractivity contribution < 1.29 is 9.59 Å². The first kappa shape index (κ1) is 17.9. The minimum atomic E-state index is -0.137. The molecule has 1 aromatic carbocycles. The first-order chi connectivity index (χ1) is 12.1. The molecule has 2 heterocycles. The van der Waals surface area contributed by atoms with Crippen LogP contribution in [0.25, 0.3) is 0 Å². The van der Waals surface area contributed by atoms with Crippen molar-refractivity contribution in [3.8, 4) is 0 Å². The van der Waals surface area contributed by atoms with Crippen LogP contribution in [0.1, 0.15) is 24.8 Å². The molecule has 2 aliphatic heterocycles. The number of aryl methyl sites for hydroxylation is 1. The average molecular weight is 343 g/mol. The summed E-state index contributed by atoms with van der Waals surface area (Å²) in [5, 5.41) is 0. The van der Waals surface area contributed by atoms with E-state index < -0.39 is 0 Å². The Kier molecular flexibility index (Phi) is 6.08. The van der Waals surface area contributed by atoms with Gasteiger partial charge in [-0.3, -0.25) is 9.59 Å². The first-order valence-corrected chi connectivity index (χ1v) is 9.42. The van der Waals surface area contributed by atoms with Gasteiger partial charge in [-0.05, 0) is 37.9 Å². The highest BCUT2D eigenvalue weighted by Gasteiger charge is 2.35. The minimum absolute atomic E-state index is 0.0933. The molecule has 2 aliphatic rings. The smallest absolute Gasteiger partial charge is 0.228 e. The van der Waals surface area contributed by atoms with E-state index in [2.05, 4.69) is 35.2 Å². The second kappa shape index (κ2) is 8.48. The lowest BCUT2D eigenvalue weighted by Gasteiger charge is -2.24. The zero-order chi connectivity index (χ0) is 17.6. The summed E-state index contributed by atoms with van der Waals surface area (Å²) in [4.78, 5) is 30.5. The highest BCUT2D eigenvalue weighted by atomic mass is 16.2. The summed E-state index contributed by atoms with van der Waals surface area (Å²) in [6, 6.07) is 10.6. The van der Waals surface area contributed by atoms with E-state index in [4.69, 9.17) is 0 Å². The van der Waals surface area contributed by atoms with Gasteiger partial charge in [-0.15, -0.1) is 0 Å². The fourth-order valence-electron chi connectivity index (χ4n) is 3.85. The number of rotatable bonds is 5. The zero-order valence-corrected chi connectivity index (χ0v) is 15.2. The van der Waals surface area contributed by atoms with Crippen molar-refractivity contribution in [3.05, 3.63) is 35.9 Å². The van der Waals surface area contributed by atoms with Crippen molar-refractivity contribution in [2.75, 3.05) is 46.3 Å². The van der Waals surface area contributed by atoms with Crippen LogP contribution in [0.3, 0.4) is 0 Å². The number of nitrogens with zero attached hydrogens (tertiary/aromatic N) is 3. The third-order valence-corrected chi connectivity index (χ3v) is 5.37. The molecule has 136 valence electrons. The Morgan fingerprint density at radius 2 is 1.92 bits per heavy atom. The lowest BCUT2D eigenvalue weighted by Crippen LogP contribution is -2.39. The van der Waals surface area contributed by atoms with E-state index in [1.165, 1.54) is 5.56 Å². The van der Waals surface area contributed by atoms with Crippen molar-refractivity contribution in [1.82, 2.24) is 14.7 Å². The molecular weight excluding hydrogens is 314 g/mol. The van der Waals surface area contributed by atoms with E-state index >= 15 is 0 Å². The Morgan fingerprint density at radius 1 is 1.12 bits per heavy atom. The van der Waals surface area contributed by atoms with Crippen LogP contribution in [0.5, 0.6) is 0 Å². The van der Waals surface area contributed by atoms with Crippen LogP contribution in [0.4, 0.5) is 0 Å². The molecule has 0 bridgehead atoms. The molecular formula is C20H29N3O2. The van der Waals surface area contributed by atoms with Gasteiger partial charge < -0.3 is 14.7 Å². The molecule has 0 aliphatic carbocycles. The van der Waals surface area contributed by atoms with Gasteiger partial charge in [0.15, 0.2) is 0 Å². The van der Waals surface area contributed by atoms with Gasteiger partial charge in [-0.25, -0.2) is 0 Å². The molecule has 1 atom stereocenters. The predicted molar refractivity (Wildman–Crippen MR) is 98.1 cm³/mol. The Bertz CT molecular complexity index is 590. The number of amides is 2. The normalized spacial score (nSPS) is 22.3. The molecule has 0 N–H and O–H groups in total. The Hall–Kier alpha value is -1.88. The maximum absolute atomic E-state index is 12.7. The number of hydrogen-bond donors (Lipinski definition) is 0. The van der Waals surface area contributed by atoms with Gasteiger partial charge in [-0.2, -0.15) is 0 Å². The lowest BCUT2D eigenvalue weighted by molar-refractivity contribution is -0.135. The monoisotopic (exact) mass is 343 g/mol.